The van der Waals surface area contributed by atoms with Gasteiger partial charge in [-0.05, 0) is 24.5 Å². The summed E-state index contributed by atoms with van der Waals surface area (Å²) in [5.41, 5.74) is 2.11. The summed E-state index contributed by atoms with van der Waals surface area (Å²) in [6.45, 7) is 6.08. The van der Waals surface area contributed by atoms with Crippen LogP contribution in [0.1, 0.15) is 37.6 Å². The van der Waals surface area contributed by atoms with Crippen molar-refractivity contribution in [2.24, 2.45) is 0 Å². The van der Waals surface area contributed by atoms with Crippen LogP contribution in [-0.4, -0.2) is 25.9 Å². The zero-order chi connectivity index (χ0) is 12.1. The molecule has 0 spiro atoms. The third-order valence-corrected chi connectivity index (χ3v) is 3.04. The number of hydrogen-bond donors (Lipinski definition) is 1. The monoisotopic (exact) mass is 251 g/mol. The highest BCUT2D eigenvalue weighted by molar-refractivity contribution is 7.03. The van der Waals surface area contributed by atoms with Crippen molar-refractivity contribution < 1.29 is 0 Å². The fourth-order valence-corrected chi connectivity index (χ4v) is 2.25. The molecule has 1 unspecified atom stereocenters. The number of nitrogens with one attached hydrogen (secondary N) is 1. The Morgan fingerprint density at radius 2 is 2.35 bits per heavy atom. The van der Waals surface area contributed by atoms with E-state index in [1.165, 1.54) is 11.5 Å². The summed E-state index contributed by atoms with van der Waals surface area (Å²) in [6.07, 6.45) is 5.07. The van der Waals surface area contributed by atoms with Crippen LogP contribution < -0.4 is 5.32 Å². The molecule has 0 aromatic carbocycles. The van der Waals surface area contributed by atoms with E-state index in [2.05, 4.69) is 40.0 Å². The minimum atomic E-state index is 0.101. The van der Waals surface area contributed by atoms with Crippen LogP contribution in [0.2, 0.25) is 0 Å². The summed E-state index contributed by atoms with van der Waals surface area (Å²) >= 11 is 1.38. The topological polar surface area (TPSA) is 55.6 Å². The van der Waals surface area contributed by atoms with Gasteiger partial charge in [0.1, 0.15) is 0 Å². The van der Waals surface area contributed by atoms with Crippen LogP contribution in [0.5, 0.6) is 0 Å². The second kappa shape index (κ2) is 5.88. The minimum absolute atomic E-state index is 0.101. The van der Waals surface area contributed by atoms with E-state index in [9.17, 15) is 0 Å². The van der Waals surface area contributed by atoms with Crippen LogP contribution in [0.4, 0.5) is 0 Å². The lowest BCUT2D eigenvalue weighted by Crippen LogP contribution is -2.22. The molecule has 0 saturated heterocycles. The Morgan fingerprint density at radius 1 is 1.47 bits per heavy atom. The summed E-state index contributed by atoms with van der Waals surface area (Å²) in [6, 6.07) is 0.101. The van der Waals surface area contributed by atoms with Gasteiger partial charge in [-0.25, -0.2) is 0 Å². The maximum Gasteiger partial charge on any atom is 0.0971 e. The molecule has 0 aliphatic carbocycles. The summed E-state index contributed by atoms with van der Waals surface area (Å²) in [4.78, 5) is 0. The lowest BCUT2D eigenvalue weighted by molar-refractivity contribution is 0.594. The van der Waals surface area contributed by atoms with Crippen molar-refractivity contribution in [1.29, 1.82) is 0 Å². The van der Waals surface area contributed by atoms with Gasteiger partial charge in [-0.15, -0.1) is 5.10 Å². The van der Waals surface area contributed by atoms with Gasteiger partial charge in [-0.3, -0.25) is 4.68 Å². The van der Waals surface area contributed by atoms with Crippen LogP contribution in [0, 0.1) is 0 Å². The smallest absolute Gasteiger partial charge is 0.0971 e. The second-order valence-corrected chi connectivity index (χ2v) is 4.47. The second-order valence-electron chi connectivity index (χ2n) is 3.86. The third-order valence-electron chi connectivity index (χ3n) is 2.52. The highest BCUT2D eigenvalue weighted by atomic mass is 32.1. The predicted octanol–water partition coefficient (Wildman–Crippen LogP) is 1.84. The Hall–Kier alpha value is -1.27. The molecule has 17 heavy (non-hydrogen) atoms. The van der Waals surface area contributed by atoms with E-state index >= 15 is 0 Å². The first kappa shape index (κ1) is 12.2. The summed E-state index contributed by atoms with van der Waals surface area (Å²) in [5.74, 6) is 0. The number of hydrogen-bond acceptors (Lipinski definition) is 5. The van der Waals surface area contributed by atoms with Crippen molar-refractivity contribution in [2.75, 3.05) is 6.54 Å². The zero-order valence-corrected chi connectivity index (χ0v) is 10.9. The minimum Gasteiger partial charge on any atom is -0.305 e. The van der Waals surface area contributed by atoms with Crippen molar-refractivity contribution >= 4 is 11.5 Å². The standard InChI is InChI=1S/C11H17N5S/c1-3-5-16-7-9(6-13-16)11(12-4-2)10-8-17-15-14-10/h6-8,11-12H,3-5H2,1-2H3. The van der Waals surface area contributed by atoms with Gasteiger partial charge in [0.05, 0.1) is 17.9 Å². The number of rotatable bonds is 6. The van der Waals surface area contributed by atoms with Crippen LogP contribution in [0.15, 0.2) is 17.8 Å². The SMILES string of the molecule is CCCn1cc(C(NCC)c2csnn2)cn1. The van der Waals surface area contributed by atoms with Gasteiger partial charge in [0.15, 0.2) is 0 Å². The van der Waals surface area contributed by atoms with Gasteiger partial charge in [0, 0.05) is 23.7 Å². The summed E-state index contributed by atoms with van der Waals surface area (Å²) in [5, 5.41) is 13.9. The van der Waals surface area contributed by atoms with Crippen LogP contribution >= 0.6 is 11.5 Å². The molecule has 6 heteroatoms. The molecule has 0 bridgehead atoms. The van der Waals surface area contributed by atoms with E-state index in [4.69, 9.17) is 0 Å². The Labute approximate surface area is 105 Å². The average molecular weight is 251 g/mol. The average Bonchev–Trinajstić information content (AvgIpc) is 2.97. The lowest BCUT2D eigenvalue weighted by atomic mass is 10.1. The summed E-state index contributed by atoms with van der Waals surface area (Å²) in [7, 11) is 0. The first-order chi connectivity index (χ1) is 8.35. The highest BCUT2D eigenvalue weighted by Crippen LogP contribution is 2.20. The maximum atomic E-state index is 4.35. The zero-order valence-electron chi connectivity index (χ0n) is 10.1. The molecule has 2 aromatic rings. The Bertz CT molecular complexity index is 436. The van der Waals surface area contributed by atoms with Crippen LogP contribution in [0.3, 0.4) is 0 Å². The first-order valence-electron chi connectivity index (χ1n) is 5.87. The number of nitrogens with zero attached hydrogens (tertiary/aromatic N) is 4. The predicted molar refractivity (Wildman–Crippen MR) is 67.9 cm³/mol. The molecular formula is C11H17N5S. The molecule has 0 saturated carbocycles. The van der Waals surface area contributed by atoms with Gasteiger partial charge < -0.3 is 5.32 Å². The molecule has 1 atom stereocenters. The van der Waals surface area contributed by atoms with Gasteiger partial charge in [0.25, 0.3) is 0 Å². The van der Waals surface area contributed by atoms with Crippen LogP contribution in [0.25, 0.3) is 0 Å². The molecular weight excluding hydrogens is 234 g/mol. The van der Waals surface area contributed by atoms with Gasteiger partial charge >= 0.3 is 0 Å². The molecule has 2 rings (SSSR count). The molecule has 2 aromatic heterocycles. The van der Waals surface area contributed by atoms with E-state index in [1.807, 2.05) is 16.3 Å². The molecule has 0 amide bonds. The van der Waals surface area contributed by atoms with E-state index in [0.29, 0.717) is 0 Å². The first-order valence-corrected chi connectivity index (χ1v) is 6.71. The van der Waals surface area contributed by atoms with E-state index in [1.54, 1.807) is 0 Å². The van der Waals surface area contributed by atoms with Crippen molar-refractivity contribution in [3.8, 4) is 0 Å². The van der Waals surface area contributed by atoms with Gasteiger partial charge in [0.2, 0.25) is 0 Å². The molecule has 0 aliphatic heterocycles. The fourth-order valence-electron chi connectivity index (χ4n) is 1.77. The Morgan fingerprint density at radius 3 is 3.00 bits per heavy atom. The van der Waals surface area contributed by atoms with Crippen LogP contribution in [-0.2, 0) is 6.54 Å². The molecule has 92 valence electrons. The van der Waals surface area contributed by atoms with Gasteiger partial charge in [-0.2, -0.15) is 5.10 Å². The number of aryl methyl sites for hydroxylation is 1. The Kier molecular flexibility index (Phi) is 4.22. The van der Waals surface area contributed by atoms with Crippen molar-refractivity contribution in [2.45, 2.75) is 32.9 Å². The largest absolute Gasteiger partial charge is 0.305 e. The van der Waals surface area contributed by atoms with E-state index in [0.717, 1.165) is 30.8 Å². The normalized spacial score (nSPS) is 12.8. The highest BCUT2D eigenvalue weighted by Gasteiger charge is 2.17. The third kappa shape index (κ3) is 2.89. The molecule has 0 fully saturated rings. The molecule has 5 nitrogen and oxygen atoms in total. The Balaban J connectivity index is 2.20. The molecule has 0 radical (unpaired) electrons. The van der Waals surface area contributed by atoms with E-state index < -0.39 is 0 Å². The van der Waals surface area contributed by atoms with E-state index in [-0.39, 0.29) is 6.04 Å². The molecule has 2 heterocycles. The molecule has 0 aliphatic rings. The maximum absolute atomic E-state index is 4.35. The van der Waals surface area contributed by atoms with Gasteiger partial charge in [-0.1, -0.05) is 18.3 Å². The number of aromatic nitrogens is 4. The quantitative estimate of drug-likeness (QED) is 0.851. The van der Waals surface area contributed by atoms with Crippen molar-refractivity contribution in [3.05, 3.63) is 29.0 Å². The molecule has 1 N–H and O–H groups in total. The summed E-state index contributed by atoms with van der Waals surface area (Å²) < 4.78 is 5.89. The van der Waals surface area contributed by atoms with Crippen molar-refractivity contribution in [1.82, 2.24) is 24.7 Å². The lowest BCUT2D eigenvalue weighted by Gasteiger charge is -2.12. The fraction of sp³-hybridized carbons (Fsp3) is 0.545. The van der Waals surface area contributed by atoms with Crippen molar-refractivity contribution in [3.63, 3.8) is 0 Å².